The number of aromatic nitrogens is 1. The summed E-state index contributed by atoms with van der Waals surface area (Å²) in [5, 5.41) is 12.1. The van der Waals surface area contributed by atoms with Gasteiger partial charge in [-0.1, -0.05) is 6.07 Å². The summed E-state index contributed by atoms with van der Waals surface area (Å²) < 4.78 is 11.5. The van der Waals surface area contributed by atoms with Crippen LogP contribution in [0.1, 0.15) is 31.2 Å². The Balaban J connectivity index is 1.61. The van der Waals surface area contributed by atoms with Crippen LogP contribution in [-0.4, -0.2) is 29.1 Å². The number of rotatable bonds is 1. The molecule has 20 heavy (non-hydrogen) atoms. The molecule has 4 nitrogen and oxygen atoms in total. The zero-order valence-corrected chi connectivity index (χ0v) is 11.4. The monoisotopic (exact) mass is 273 g/mol. The summed E-state index contributed by atoms with van der Waals surface area (Å²) >= 11 is 0. The van der Waals surface area contributed by atoms with Crippen LogP contribution < -0.4 is 0 Å². The van der Waals surface area contributed by atoms with Gasteiger partial charge in [-0.2, -0.15) is 0 Å². The van der Waals surface area contributed by atoms with E-state index in [9.17, 15) is 5.11 Å². The maximum absolute atomic E-state index is 11.0. The molecule has 0 bridgehead atoms. The number of aliphatic hydroxyl groups is 1. The molecule has 2 heterocycles. The van der Waals surface area contributed by atoms with Crippen LogP contribution in [0, 0.1) is 0 Å². The van der Waals surface area contributed by atoms with Crippen LogP contribution in [0.15, 0.2) is 30.5 Å². The Labute approximate surface area is 117 Å². The first-order valence-corrected chi connectivity index (χ1v) is 7.27. The summed E-state index contributed by atoms with van der Waals surface area (Å²) in [6, 6.07) is 8.18. The lowest BCUT2D eigenvalue weighted by atomic mass is 9.77. The smallest absolute Gasteiger partial charge is 0.168 e. The third-order valence-electron chi connectivity index (χ3n) is 4.74. The Hall–Kier alpha value is -1.36. The predicted molar refractivity (Wildman–Crippen MR) is 75.3 cm³/mol. The van der Waals surface area contributed by atoms with Crippen molar-refractivity contribution in [3.63, 3.8) is 0 Å². The van der Waals surface area contributed by atoms with E-state index in [1.807, 2.05) is 24.4 Å². The fourth-order valence-electron chi connectivity index (χ4n) is 3.46. The lowest BCUT2D eigenvalue weighted by Gasteiger charge is -2.40. The van der Waals surface area contributed by atoms with Crippen LogP contribution in [0.25, 0.3) is 10.9 Å². The third kappa shape index (κ3) is 1.87. The highest BCUT2D eigenvalue weighted by molar-refractivity contribution is 5.80. The van der Waals surface area contributed by atoms with Gasteiger partial charge in [-0.3, -0.25) is 0 Å². The van der Waals surface area contributed by atoms with Crippen molar-refractivity contribution in [3.05, 3.63) is 36.0 Å². The molecular formula is C16H19NO3. The average molecular weight is 273 g/mol. The van der Waals surface area contributed by atoms with Crippen molar-refractivity contribution in [1.29, 1.82) is 0 Å². The van der Waals surface area contributed by atoms with E-state index in [4.69, 9.17) is 9.47 Å². The van der Waals surface area contributed by atoms with Gasteiger partial charge in [0, 0.05) is 24.6 Å². The first kappa shape index (κ1) is 12.4. The zero-order valence-electron chi connectivity index (χ0n) is 11.4. The first-order chi connectivity index (χ1) is 9.69. The van der Waals surface area contributed by atoms with E-state index in [0.717, 1.165) is 29.3 Å². The molecule has 2 fully saturated rings. The lowest BCUT2D eigenvalue weighted by Crippen LogP contribution is -2.42. The molecule has 2 aromatic rings. The van der Waals surface area contributed by atoms with E-state index in [-0.39, 0.29) is 0 Å². The molecule has 1 spiro atoms. The largest absolute Gasteiger partial charge is 0.385 e. The Morgan fingerprint density at radius 3 is 2.50 bits per heavy atom. The van der Waals surface area contributed by atoms with E-state index in [2.05, 4.69) is 11.1 Å². The molecular weight excluding hydrogens is 254 g/mol. The molecule has 0 radical (unpaired) electrons. The fourth-order valence-corrected chi connectivity index (χ4v) is 3.46. The van der Waals surface area contributed by atoms with Gasteiger partial charge in [0.05, 0.1) is 18.8 Å². The number of hydrogen-bond donors (Lipinski definition) is 2. The third-order valence-corrected chi connectivity index (χ3v) is 4.74. The zero-order chi connectivity index (χ0) is 13.6. The maximum atomic E-state index is 11.0. The summed E-state index contributed by atoms with van der Waals surface area (Å²) in [7, 11) is 0. The minimum absolute atomic E-state index is 0.426. The van der Waals surface area contributed by atoms with Crippen LogP contribution in [0.3, 0.4) is 0 Å². The highest BCUT2D eigenvalue weighted by Crippen LogP contribution is 2.45. The van der Waals surface area contributed by atoms with Gasteiger partial charge in [-0.25, -0.2) is 0 Å². The van der Waals surface area contributed by atoms with Gasteiger partial charge in [0.25, 0.3) is 0 Å². The molecule has 2 aliphatic rings. The number of benzene rings is 1. The Bertz CT molecular complexity index is 617. The summed E-state index contributed by atoms with van der Waals surface area (Å²) in [4.78, 5) is 3.18. The van der Waals surface area contributed by atoms with Gasteiger partial charge in [0.2, 0.25) is 0 Å². The van der Waals surface area contributed by atoms with Gasteiger partial charge >= 0.3 is 0 Å². The van der Waals surface area contributed by atoms with E-state index in [1.165, 1.54) is 0 Å². The van der Waals surface area contributed by atoms with Crippen molar-refractivity contribution in [3.8, 4) is 0 Å². The van der Waals surface area contributed by atoms with Crippen molar-refractivity contribution in [2.24, 2.45) is 0 Å². The second kappa shape index (κ2) is 4.32. The summed E-state index contributed by atoms with van der Waals surface area (Å²) in [5.74, 6) is -0.426. The Morgan fingerprint density at radius 1 is 1.00 bits per heavy atom. The van der Waals surface area contributed by atoms with Crippen LogP contribution in [-0.2, 0) is 15.1 Å². The molecule has 1 saturated carbocycles. The van der Waals surface area contributed by atoms with Crippen molar-refractivity contribution >= 4 is 10.9 Å². The van der Waals surface area contributed by atoms with E-state index in [1.54, 1.807) is 0 Å². The second-order valence-corrected chi connectivity index (χ2v) is 5.92. The van der Waals surface area contributed by atoms with Gasteiger partial charge < -0.3 is 19.6 Å². The highest BCUT2D eigenvalue weighted by Gasteiger charge is 2.46. The minimum atomic E-state index is -0.758. The lowest BCUT2D eigenvalue weighted by molar-refractivity contribution is -0.204. The van der Waals surface area contributed by atoms with Crippen molar-refractivity contribution in [2.45, 2.75) is 37.1 Å². The summed E-state index contributed by atoms with van der Waals surface area (Å²) in [5.41, 5.74) is 1.34. The number of aromatic amines is 1. The predicted octanol–water partition coefficient (Wildman–Crippen LogP) is 2.67. The van der Waals surface area contributed by atoms with Gasteiger partial charge in [-0.05, 0) is 42.0 Å². The molecule has 2 N–H and O–H groups in total. The molecule has 1 aliphatic carbocycles. The average Bonchev–Trinajstić information content (AvgIpc) is 3.11. The molecule has 1 aromatic heterocycles. The molecule has 4 heteroatoms. The van der Waals surface area contributed by atoms with E-state index in [0.29, 0.717) is 26.1 Å². The van der Waals surface area contributed by atoms with Crippen molar-refractivity contribution in [2.75, 3.05) is 13.2 Å². The fraction of sp³-hybridized carbons (Fsp3) is 0.500. The van der Waals surface area contributed by atoms with Gasteiger partial charge in [0.15, 0.2) is 5.79 Å². The molecule has 0 atom stereocenters. The Morgan fingerprint density at radius 2 is 1.75 bits per heavy atom. The number of fused-ring (bicyclic) bond motifs is 1. The normalized spacial score (nSPS) is 24.4. The highest BCUT2D eigenvalue weighted by atomic mass is 16.7. The maximum Gasteiger partial charge on any atom is 0.168 e. The number of ether oxygens (including phenoxy) is 2. The second-order valence-electron chi connectivity index (χ2n) is 5.92. The van der Waals surface area contributed by atoms with Crippen LogP contribution in [0.5, 0.6) is 0 Å². The quantitative estimate of drug-likeness (QED) is 0.840. The summed E-state index contributed by atoms with van der Waals surface area (Å²) in [6.07, 6.45) is 4.81. The molecule has 0 amide bonds. The molecule has 1 aromatic carbocycles. The molecule has 1 aliphatic heterocycles. The SMILES string of the molecule is OC1(c2ccc3[nH]ccc3c2)CCC2(CC1)OCCO2. The standard InChI is InChI=1S/C16H19NO3/c18-15(4-6-16(7-5-15)19-9-10-20-16)13-1-2-14-12(11-13)3-8-17-14/h1-3,8,11,17-18H,4-7,9-10H2. The Kier molecular flexibility index (Phi) is 2.67. The van der Waals surface area contributed by atoms with Gasteiger partial charge in [0.1, 0.15) is 0 Å². The van der Waals surface area contributed by atoms with Gasteiger partial charge in [-0.15, -0.1) is 0 Å². The van der Waals surface area contributed by atoms with Crippen molar-refractivity contribution in [1.82, 2.24) is 4.98 Å². The molecule has 106 valence electrons. The number of hydrogen-bond acceptors (Lipinski definition) is 3. The van der Waals surface area contributed by atoms with E-state index >= 15 is 0 Å². The molecule has 1 saturated heterocycles. The van der Waals surface area contributed by atoms with Crippen LogP contribution in [0.2, 0.25) is 0 Å². The van der Waals surface area contributed by atoms with E-state index < -0.39 is 11.4 Å². The number of H-pyrrole nitrogens is 1. The number of nitrogens with one attached hydrogen (secondary N) is 1. The summed E-state index contributed by atoms with van der Waals surface area (Å²) in [6.45, 7) is 1.35. The molecule has 0 unspecified atom stereocenters. The van der Waals surface area contributed by atoms with Crippen LogP contribution >= 0.6 is 0 Å². The molecule has 4 rings (SSSR count). The first-order valence-electron chi connectivity index (χ1n) is 7.27. The minimum Gasteiger partial charge on any atom is -0.385 e. The van der Waals surface area contributed by atoms with Crippen molar-refractivity contribution < 1.29 is 14.6 Å². The van der Waals surface area contributed by atoms with Crippen LogP contribution in [0.4, 0.5) is 0 Å². The topological polar surface area (TPSA) is 54.5 Å².